The van der Waals surface area contributed by atoms with Crippen LogP contribution in [0, 0.1) is 12.0 Å². The van der Waals surface area contributed by atoms with E-state index in [2.05, 4.69) is 13.0 Å². The van der Waals surface area contributed by atoms with E-state index in [1.165, 1.54) is 70.6 Å². The number of hydrogen-bond acceptors (Lipinski definition) is 0. The van der Waals surface area contributed by atoms with Crippen LogP contribution in [0.1, 0.15) is 77.6 Å². The molecule has 1 aromatic carbocycles. The van der Waals surface area contributed by atoms with Crippen molar-refractivity contribution in [2.75, 3.05) is 0 Å². The molecule has 0 nitrogen and oxygen atoms in total. The largest absolute Gasteiger partial charge is 0.0654 e. The van der Waals surface area contributed by atoms with Crippen molar-refractivity contribution in [2.45, 2.75) is 77.6 Å². The first-order chi connectivity index (χ1) is 9.43. The van der Waals surface area contributed by atoms with Gasteiger partial charge in [0.15, 0.2) is 0 Å². The zero-order valence-corrected chi connectivity index (χ0v) is 12.7. The van der Waals surface area contributed by atoms with Crippen molar-refractivity contribution in [3.05, 3.63) is 42.3 Å². The molecule has 0 bridgehead atoms. The number of rotatable bonds is 6. The summed E-state index contributed by atoms with van der Waals surface area (Å²) in [6, 6.07) is 12.5. The smallest absolute Gasteiger partial charge is 0.0184 e. The van der Waals surface area contributed by atoms with Gasteiger partial charge in [-0.05, 0) is 31.2 Å². The van der Waals surface area contributed by atoms with Gasteiger partial charge in [0.25, 0.3) is 0 Å². The molecule has 0 amide bonds. The van der Waals surface area contributed by atoms with Crippen LogP contribution in [-0.4, -0.2) is 0 Å². The van der Waals surface area contributed by atoms with Crippen molar-refractivity contribution in [3.63, 3.8) is 0 Å². The highest BCUT2D eigenvalue weighted by Crippen LogP contribution is 2.29. The van der Waals surface area contributed by atoms with Crippen molar-refractivity contribution in [2.24, 2.45) is 0 Å². The van der Waals surface area contributed by atoms with E-state index in [1.807, 2.05) is 36.2 Å². The molecule has 0 N–H and O–H groups in total. The maximum absolute atomic E-state index is 2.89. The highest BCUT2D eigenvalue weighted by molar-refractivity contribution is 4.97. The number of benzene rings is 1. The molecule has 0 aliphatic heterocycles. The predicted octanol–water partition coefficient (Wildman–Crippen LogP) is 6.37. The Bertz CT molecular complexity index is 232. The molecule has 0 saturated heterocycles. The number of unbranched alkanes of at least 4 members (excludes halogenated alkanes) is 4. The summed E-state index contributed by atoms with van der Waals surface area (Å²) >= 11 is 0. The van der Waals surface area contributed by atoms with Crippen LogP contribution < -0.4 is 0 Å². The molecule has 0 aromatic heterocycles. The van der Waals surface area contributed by atoms with E-state index in [0.29, 0.717) is 0 Å². The highest BCUT2D eigenvalue weighted by atomic mass is 14.2. The third kappa shape index (κ3) is 9.76. The maximum Gasteiger partial charge on any atom is -0.0184 e. The Morgan fingerprint density at radius 1 is 0.842 bits per heavy atom. The molecule has 19 heavy (non-hydrogen) atoms. The maximum atomic E-state index is 2.89. The molecule has 1 fully saturated rings. The zero-order chi connectivity index (χ0) is 13.6. The molecule has 1 aliphatic rings. The van der Waals surface area contributed by atoms with Gasteiger partial charge >= 0.3 is 0 Å². The van der Waals surface area contributed by atoms with E-state index in [0.717, 1.165) is 0 Å². The lowest BCUT2D eigenvalue weighted by molar-refractivity contribution is 0.487. The minimum absolute atomic E-state index is 1.37. The molecule has 0 heteroatoms. The van der Waals surface area contributed by atoms with Gasteiger partial charge in [0, 0.05) is 0 Å². The summed E-state index contributed by atoms with van der Waals surface area (Å²) in [6.07, 6.45) is 16.0. The molecular formula is C19H30. The Balaban J connectivity index is 0.000000250. The Hall–Kier alpha value is -0.780. The van der Waals surface area contributed by atoms with Crippen molar-refractivity contribution in [1.82, 2.24) is 0 Å². The topological polar surface area (TPSA) is 0 Å². The van der Waals surface area contributed by atoms with Crippen LogP contribution in [0.15, 0.2) is 30.3 Å². The van der Waals surface area contributed by atoms with E-state index in [9.17, 15) is 0 Å². The van der Waals surface area contributed by atoms with Crippen LogP contribution in [0.3, 0.4) is 0 Å². The van der Waals surface area contributed by atoms with Crippen molar-refractivity contribution in [1.29, 1.82) is 0 Å². The van der Waals surface area contributed by atoms with E-state index in [4.69, 9.17) is 0 Å². The fourth-order valence-corrected chi connectivity index (χ4v) is 2.62. The third-order valence-electron chi connectivity index (χ3n) is 3.80. The van der Waals surface area contributed by atoms with Crippen LogP contribution in [0.5, 0.6) is 0 Å². The monoisotopic (exact) mass is 258 g/mol. The molecule has 2 rings (SSSR count). The Kier molecular flexibility index (Phi) is 10.5. The van der Waals surface area contributed by atoms with Gasteiger partial charge in [0.05, 0.1) is 0 Å². The zero-order valence-electron chi connectivity index (χ0n) is 12.7. The lowest BCUT2D eigenvalue weighted by Gasteiger charge is -2.20. The average Bonchev–Trinajstić information content (AvgIpc) is 2.51. The molecule has 1 saturated carbocycles. The second-order valence-corrected chi connectivity index (χ2v) is 5.55. The summed E-state index contributed by atoms with van der Waals surface area (Å²) in [4.78, 5) is 0. The minimum Gasteiger partial charge on any atom is -0.0654 e. The van der Waals surface area contributed by atoms with Gasteiger partial charge in [-0.15, -0.1) is 0 Å². The summed E-state index contributed by atoms with van der Waals surface area (Å²) in [5.74, 6) is 1.88. The fourth-order valence-electron chi connectivity index (χ4n) is 2.62. The van der Waals surface area contributed by atoms with Gasteiger partial charge in [-0.3, -0.25) is 0 Å². The molecule has 1 aromatic rings. The van der Waals surface area contributed by atoms with E-state index in [1.54, 1.807) is 0 Å². The Morgan fingerprint density at radius 3 is 2.05 bits per heavy atom. The first-order valence-electron chi connectivity index (χ1n) is 8.18. The quantitative estimate of drug-likeness (QED) is 0.520. The normalized spacial score (nSPS) is 15.6. The standard InChI is InChI=1S/C13H25.C6H5/c1-2-3-4-5-7-10-13-11-8-6-9-12-13;1-2-4-6-5-3-1/h2-12H2,1H3;1-5H. The van der Waals surface area contributed by atoms with Gasteiger partial charge < -0.3 is 0 Å². The second-order valence-electron chi connectivity index (χ2n) is 5.55. The molecule has 0 heterocycles. The molecule has 0 unspecified atom stereocenters. The van der Waals surface area contributed by atoms with Crippen LogP contribution >= 0.6 is 0 Å². The van der Waals surface area contributed by atoms with Crippen LogP contribution in [-0.2, 0) is 0 Å². The summed E-state index contributed by atoms with van der Waals surface area (Å²) in [7, 11) is 0. The van der Waals surface area contributed by atoms with E-state index in [-0.39, 0.29) is 0 Å². The van der Waals surface area contributed by atoms with Crippen LogP contribution in [0.25, 0.3) is 0 Å². The van der Waals surface area contributed by atoms with Gasteiger partial charge in [-0.1, -0.05) is 88.6 Å². The number of hydrogen-bond donors (Lipinski definition) is 0. The molecule has 1 aliphatic carbocycles. The highest BCUT2D eigenvalue weighted by Gasteiger charge is 2.12. The third-order valence-corrected chi connectivity index (χ3v) is 3.80. The van der Waals surface area contributed by atoms with Gasteiger partial charge in [0.1, 0.15) is 0 Å². The van der Waals surface area contributed by atoms with E-state index >= 15 is 0 Å². The first-order valence-corrected chi connectivity index (χ1v) is 8.18. The molecule has 0 spiro atoms. The van der Waals surface area contributed by atoms with Gasteiger partial charge in [-0.25, -0.2) is 0 Å². The lowest BCUT2D eigenvalue weighted by atomic mass is 9.85. The van der Waals surface area contributed by atoms with Crippen LogP contribution in [0.4, 0.5) is 0 Å². The summed E-state index contributed by atoms with van der Waals surface area (Å²) in [5, 5.41) is 0. The van der Waals surface area contributed by atoms with Crippen molar-refractivity contribution >= 4 is 0 Å². The molecular weight excluding hydrogens is 228 g/mol. The minimum atomic E-state index is 1.37. The Labute approximate surface area is 120 Å². The summed E-state index contributed by atoms with van der Waals surface area (Å²) < 4.78 is 0. The molecule has 106 valence electrons. The van der Waals surface area contributed by atoms with E-state index < -0.39 is 0 Å². The lowest BCUT2D eigenvalue weighted by Crippen LogP contribution is -2.03. The van der Waals surface area contributed by atoms with Crippen LogP contribution in [0.2, 0.25) is 0 Å². The summed E-state index contributed by atoms with van der Waals surface area (Å²) in [6.45, 7) is 2.29. The van der Waals surface area contributed by atoms with Crippen molar-refractivity contribution in [3.8, 4) is 0 Å². The fraction of sp³-hybridized carbons (Fsp3) is 0.632. The second kappa shape index (κ2) is 12.3. The Morgan fingerprint density at radius 2 is 1.53 bits per heavy atom. The SMILES string of the molecule is CCCCCCC[C]1CCCCC1.[c]1ccccc1. The van der Waals surface area contributed by atoms with Gasteiger partial charge in [0.2, 0.25) is 0 Å². The summed E-state index contributed by atoms with van der Waals surface area (Å²) in [5.41, 5.74) is 0. The average molecular weight is 258 g/mol. The molecule has 2 radical (unpaired) electrons. The van der Waals surface area contributed by atoms with Gasteiger partial charge in [-0.2, -0.15) is 0 Å². The predicted molar refractivity (Wildman–Crippen MR) is 85.0 cm³/mol. The molecule has 0 atom stereocenters. The first kappa shape index (κ1) is 16.3. The van der Waals surface area contributed by atoms with Crippen molar-refractivity contribution < 1.29 is 0 Å².